The van der Waals surface area contributed by atoms with Crippen LogP contribution < -0.4 is 11.1 Å². The molecule has 0 aliphatic carbocycles. The van der Waals surface area contributed by atoms with Gasteiger partial charge in [-0.3, -0.25) is 0 Å². The molecule has 3 N–H and O–H groups in total. The molecular formula is C17H18N2O2. The fourth-order valence-electron chi connectivity index (χ4n) is 1.72. The number of amides is 1. The SMILES string of the molecule is Nc1ccc(C=CCNC(=O)OCc2ccccc2)cc1. The Kier molecular flexibility index (Phi) is 5.41. The van der Waals surface area contributed by atoms with Crippen LogP contribution in [0.2, 0.25) is 0 Å². The van der Waals surface area contributed by atoms with Gasteiger partial charge in [0.05, 0.1) is 0 Å². The number of alkyl carbamates (subject to hydrolysis) is 1. The summed E-state index contributed by atoms with van der Waals surface area (Å²) in [5.74, 6) is 0. The van der Waals surface area contributed by atoms with Crippen molar-refractivity contribution in [3.05, 3.63) is 71.8 Å². The van der Waals surface area contributed by atoms with Gasteiger partial charge in [0.2, 0.25) is 0 Å². The fourth-order valence-corrected chi connectivity index (χ4v) is 1.72. The molecule has 0 heterocycles. The van der Waals surface area contributed by atoms with Crippen molar-refractivity contribution in [2.24, 2.45) is 0 Å². The van der Waals surface area contributed by atoms with Gasteiger partial charge in [0.15, 0.2) is 0 Å². The van der Waals surface area contributed by atoms with Crippen molar-refractivity contribution >= 4 is 17.9 Å². The summed E-state index contributed by atoms with van der Waals surface area (Å²) in [7, 11) is 0. The highest BCUT2D eigenvalue weighted by Crippen LogP contribution is 2.06. The third-order valence-corrected chi connectivity index (χ3v) is 2.82. The number of carbonyl (C=O) groups excluding carboxylic acids is 1. The van der Waals surface area contributed by atoms with Crippen molar-refractivity contribution in [1.82, 2.24) is 5.32 Å². The average molecular weight is 282 g/mol. The van der Waals surface area contributed by atoms with Crippen molar-refractivity contribution in [2.75, 3.05) is 12.3 Å². The topological polar surface area (TPSA) is 64.3 Å². The summed E-state index contributed by atoms with van der Waals surface area (Å²) in [5.41, 5.74) is 8.33. The van der Waals surface area contributed by atoms with Crippen LogP contribution in [0, 0.1) is 0 Å². The molecule has 0 saturated heterocycles. The quantitative estimate of drug-likeness (QED) is 0.828. The Morgan fingerprint density at radius 2 is 1.81 bits per heavy atom. The Labute approximate surface area is 124 Å². The van der Waals surface area contributed by atoms with E-state index >= 15 is 0 Å². The molecule has 0 fully saturated rings. The summed E-state index contributed by atoms with van der Waals surface area (Å²) in [6, 6.07) is 17.1. The van der Waals surface area contributed by atoms with E-state index in [9.17, 15) is 4.79 Å². The molecule has 0 radical (unpaired) electrons. The maximum absolute atomic E-state index is 11.5. The summed E-state index contributed by atoms with van der Waals surface area (Å²) in [4.78, 5) is 11.5. The Morgan fingerprint density at radius 3 is 2.52 bits per heavy atom. The standard InChI is InChI=1S/C17H18N2O2/c18-16-10-8-14(9-11-16)7-4-12-19-17(20)21-13-15-5-2-1-3-6-15/h1-11H,12-13,18H2,(H,19,20). The minimum atomic E-state index is -0.430. The largest absolute Gasteiger partial charge is 0.445 e. The average Bonchev–Trinajstić information content (AvgIpc) is 2.52. The highest BCUT2D eigenvalue weighted by molar-refractivity contribution is 5.67. The van der Waals surface area contributed by atoms with Crippen LogP contribution in [0.5, 0.6) is 0 Å². The maximum atomic E-state index is 11.5. The smallest absolute Gasteiger partial charge is 0.407 e. The highest BCUT2D eigenvalue weighted by atomic mass is 16.5. The van der Waals surface area contributed by atoms with Crippen molar-refractivity contribution in [2.45, 2.75) is 6.61 Å². The number of nitrogens with one attached hydrogen (secondary N) is 1. The lowest BCUT2D eigenvalue weighted by molar-refractivity contribution is 0.141. The summed E-state index contributed by atoms with van der Waals surface area (Å²) < 4.78 is 5.10. The van der Waals surface area contributed by atoms with Gasteiger partial charge in [0.25, 0.3) is 0 Å². The van der Waals surface area contributed by atoms with Crippen molar-refractivity contribution in [1.29, 1.82) is 0 Å². The second kappa shape index (κ2) is 7.75. The molecule has 4 nitrogen and oxygen atoms in total. The van der Waals surface area contributed by atoms with E-state index < -0.39 is 6.09 Å². The number of carbonyl (C=O) groups is 1. The predicted octanol–water partition coefficient (Wildman–Crippen LogP) is 3.21. The zero-order valence-corrected chi connectivity index (χ0v) is 11.7. The minimum Gasteiger partial charge on any atom is -0.445 e. The summed E-state index contributed by atoms with van der Waals surface area (Å²) in [6.07, 6.45) is 3.34. The van der Waals surface area contributed by atoms with Crippen molar-refractivity contribution in [3.63, 3.8) is 0 Å². The second-order valence-electron chi connectivity index (χ2n) is 4.51. The molecule has 0 atom stereocenters. The molecule has 0 saturated carbocycles. The van der Waals surface area contributed by atoms with Gasteiger partial charge in [0, 0.05) is 12.2 Å². The van der Waals surface area contributed by atoms with E-state index in [4.69, 9.17) is 10.5 Å². The zero-order valence-electron chi connectivity index (χ0n) is 11.7. The van der Waals surface area contributed by atoms with E-state index in [1.54, 1.807) is 0 Å². The molecule has 4 heteroatoms. The third-order valence-electron chi connectivity index (χ3n) is 2.82. The number of nitrogens with two attached hydrogens (primary N) is 1. The van der Waals surface area contributed by atoms with Crippen LogP contribution in [0.15, 0.2) is 60.7 Å². The molecular weight excluding hydrogens is 264 g/mol. The van der Waals surface area contributed by atoms with E-state index in [-0.39, 0.29) is 6.61 Å². The Bertz CT molecular complexity index is 592. The Hall–Kier alpha value is -2.75. The monoisotopic (exact) mass is 282 g/mol. The van der Waals surface area contributed by atoms with Gasteiger partial charge in [-0.05, 0) is 23.3 Å². The molecule has 0 bridgehead atoms. The van der Waals surface area contributed by atoms with E-state index in [0.717, 1.165) is 16.8 Å². The summed E-state index contributed by atoms with van der Waals surface area (Å²) >= 11 is 0. The second-order valence-corrected chi connectivity index (χ2v) is 4.51. The van der Waals surface area contributed by atoms with Gasteiger partial charge in [-0.15, -0.1) is 0 Å². The minimum absolute atomic E-state index is 0.272. The van der Waals surface area contributed by atoms with E-state index in [0.29, 0.717) is 6.54 Å². The molecule has 21 heavy (non-hydrogen) atoms. The van der Waals surface area contributed by atoms with Gasteiger partial charge in [-0.1, -0.05) is 54.6 Å². The lowest BCUT2D eigenvalue weighted by atomic mass is 10.2. The zero-order chi connectivity index (χ0) is 14.9. The Balaban J connectivity index is 1.68. The number of anilines is 1. The third kappa shape index (κ3) is 5.40. The maximum Gasteiger partial charge on any atom is 0.407 e. The van der Waals surface area contributed by atoms with Crippen LogP contribution in [-0.2, 0) is 11.3 Å². The molecule has 0 unspecified atom stereocenters. The predicted molar refractivity (Wildman–Crippen MR) is 84.5 cm³/mol. The number of rotatable bonds is 5. The number of benzene rings is 2. The van der Waals surface area contributed by atoms with Gasteiger partial charge in [-0.2, -0.15) is 0 Å². The molecule has 2 rings (SSSR count). The van der Waals surface area contributed by atoms with Crippen molar-refractivity contribution < 1.29 is 9.53 Å². The van der Waals surface area contributed by atoms with Crippen LogP contribution in [-0.4, -0.2) is 12.6 Å². The Morgan fingerprint density at radius 1 is 1.10 bits per heavy atom. The van der Waals surface area contributed by atoms with Crippen LogP contribution in [0.25, 0.3) is 6.08 Å². The molecule has 0 spiro atoms. The molecule has 0 aliphatic heterocycles. The number of hydrogen-bond donors (Lipinski definition) is 2. The molecule has 1 amide bonds. The first-order valence-electron chi connectivity index (χ1n) is 6.71. The molecule has 108 valence electrons. The van der Waals surface area contributed by atoms with Crippen LogP contribution in [0.3, 0.4) is 0 Å². The van der Waals surface area contributed by atoms with Gasteiger partial charge in [0.1, 0.15) is 6.61 Å². The van der Waals surface area contributed by atoms with Gasteiger partial charge < -0.3 is 15.8 Å². The number of hydrogen-bond acceptors (Lipinski definition) is 3. The lowest BCUT2D eigenvalue weighted by Gasteiger charge is -2.05. The van der Waals surface area contributed by atoms with Crippen LogP contribution in [0.1, 0.15) is 11.1 Å². The van der Waals surface area contributed by atoms with Crippen molar-refractivity contribution in [3.8, 4) is 0 Å². The normalized spacial score (nSPS) is 10.5. The molecule has 0 aromatic heterocycles. The lowest BCUT2D eigenvalue weighted by Crippen LogP contribution is -2.24. The first kappa shape index (κ1) is 14.7. The van der Waals surface area contributed by atoms with Gasteiger partial charge >= 0.3 is 6.09 Å². The molecule has 2 aromatic rings. The first-order valence-corrected chi connectivity index (χ1v) is 6.71. The number of ether oxygens (including phenoxy) is 1. The molecule has 2 aromatic carbocycles. The summed E-state index contributed by atoms with van der Waals surface area (Å²) in [6.45, 7) is 0.687. The fraction of sp³-hybridized carbons (Fsp3) is 0.118. The van der Waals surface area contributed by atoms with Gasteiger partial charge in [-0.25, -0.2) is 4.79 Å². The summed E-state index contributed by atoms with van der Waals surface area (Å²) in [5, 5.41) is 2.66. The van der Waals surface area contributed by atoms with E-state index in [1.165, 1.54) is 0 Å². The molecule has 0 aliphatic rings. The van der Waals surface area contributed by atoms with E-state index in [1.807, 2.05) is 66.7 Å². The van der Waals surface area contributed by atoms with E-state index in [2.05, 4.69) is 5.32 Å². The first-order chi connectivity index (χ1) is 10.2. The number of nitrogen functional groups attached to an aromatic ring is 1. The highest BCUT2D eigenvalue weighted by Gasteiger charge is 1.99. The van der Waals surface area contributed by atoms with Crippen LogP contribution >= 0.6 is 0 Å². The van der Waals surface area contributed by atoms with Crippen LogP contribution in [0.4, 0.5) is 10.5 Å².